The topological polar surface area (TPSA) is 93.4 Å². The summed E-state index contributed by atoms with van der Waals surface area (Å²) >= 11 is 0. The van der Waals surface area contributed by atoms with E-state index in [0.717, 1.165) is 19.4 Å². The number of rotatable bonds is 9. The fourth-order valence-electron chi connectivity index (χ4n) is 2.87. The highest BCUT2D eigenvalue weighted by atomic mass is 16.6. The average Bonchev–Trinajstić information content (AvgIpc) is 2.63. The molecule has 0 aliphatic heterocycles. The van der Waals surface area contributed by atoms with Crippen LogP contribution in [-0.4, -0.2) is 35.1 Å². The molecule has 146 valence electrons. The monoisotopic (exact) mass is 373 g/mol. The van der Waals surface area contributed by atoms with Crippen molar-refractivity contribution in [2.45, 2.75) is 40.5 Å². The van der Waals surface area contributed by atoms with Crippen LogP contribution in [0.2, 0.25) is 0 Å². The Bertz CT molecular complexity index is 810. The number of nitrogens with one attached hydrogen (secondary N) is 1. The Kier molecular flexibility index (Phi) is 6.92. The van der Waals surface area contributed by atoms with Crippen LogP contribution in [0.4, 0.5) is 22.9 Å². The lowest BCUT2D eigenvalue weighted by Gasteiger charge is -2.24. The molecule has 0 aromatic carbocycles. The maximum absolute atomic E-state index is 11.9. The quantitative estimate of drug-likeness (QED) is 0.515. The number of nitro groups is 1. The molecular weight excluding hydrogens is 346 g/mol. The molecule has 2 aromatic heterocycles. The van der Waals surface area contributed by atoms with E-state index in [-0.39, 0.29) is 16.4 Å². The number of hydrogen-bond acceptors (Lipinski definition) is 7. The zero-order chi connectivity index (χ0) is 20.0. The van der Waals surface area contributed by atoms with Crippen LogP contribution >= 0.6 is 0 Å². The standard InChI is InChI=1S/C19H27N5O3/c1-6-8-11-23(7-2)16-12-13(3)20-19(18(16)24(25)26)22-15-9-10-17(27-5)21-14(15)4/h9-10,12H,6-8,11H2,1-5H3,(H,20,22). The van der Waals surface area contributed by atoms with E-state index < -0.39 is 0 Å². The number of pyridine rings is 2. The third-order valence-corrected chi connectivity index (χ3v) is 4.31. The maximum Gasteiger partial charge on any atom is 0.334 e. The van der Waals surface area contributed by atoms with Crippen molar-refractivity contribution in [3.8, 4) is 5.88 Å². The van der Waals surface area contributed by atoms with Crippen LogP contribution in [0, 0.1) is 24.0 Å². The minimum absolute atomic E-state index is 0.0197. The van der Waals surface area contributed by atoms with Crippen molar-refractivity contribution >= 4 is 22.9 Å². The lowest BCUT2D eigenvalue weighted by Crippen LogP contribution is -2.25. The van der Waals surface area contributed by atoms with Gasteiger partial charge in [0.25, 0.3) is 0 Å². The van der Waals surface area contributed by atoms with Crippen molar-refractivity contribution in [3.05, 3.63) is 39.7 Å². The second-order valence-electron chi connectivity index (χ2n) is 6.28. The summed E-state index contributed by atoms with van der Waals surface area (Å²) in [7, 11) is 1.55. The first kappa shape index (κ1) is 20.4. The highest BCUT2D eigenvalue weighted by Gasteiger charge is 2.26. The Morgan fingerprint density at radius 3 is 2.56 bits per heavy atom. The van der Waals surface area contributed by atoms with Crippen molar-refractivity contribution in [1.29, 1.82) is 0 Å². The summed E-state index contributed by atoms with van der Waals surface area (Å²) in [4.78, 5) is 22.2. The fraction of sp³-hybridized carbons (Fsp3) is 0.474. The summed E-state index contributed by atoms with van der Waals surface area (Å²) < 4.78 is 5.11. The van der Waals surface area contributed by atoms with Crippen molar-refractivity contribution < 1.29 is 9.66 Å². The van der Waals surface area contributed by atoms with Gasteiger partial charge in [0, 0.05) is 24.8 Å². The van der Waals surface area contributed by atoms with Gasteiger partial charge in [-0.05, 0) is 39.3 Å². The lowest BCUT2D eigenvalue weighted by molar-refractivity contribution is -0.383. The molecule has 0 unspecified atom stereocenters. The molecule has 0 radical (unpaired) electrons. The van der Waals surface area contributed by atoms with Crippen LogP contribution in [0.15, 0.2) is 18.2 Å². The molecule has 27 heavy (non-hydrogen) atoms. The molecular formula is C19H27N5O3. The molecule has 0 aliphatic carbocycles. The van der Waals surface area contributed by atoms with Crippen LogP contribution in [0.25, 0.3) is 0 Å². The normalized spacial score (nSPS) is 10.6. The summed E-state index contributed by atoms with van der Waals surface area (Å²) in [5, 5.41) is 15.0. The first-order valence-electron chi connectivity index (χ1n) is 9.10. The summed E-state index contributed by atoms with van der Waals surface area (Å²) in [6.07, 6.45) is 1.99. The summed E-state index contributed by atoms with van der Waals surface area (Å²) in [5.41, 5.74) is 2.61. The van der Waals surface area contributed by atoms with Crippen LogP contribution < -0.4 is 15.0 Å². The van der Waals surface area contributed by atoms with Gasteiger partial charge in [0.1, 0.15) is 5.69 Å². The van der Waals surface area contributed by atoms with E-state index in [1.54, 1.807) is 25.3 Å². The number of aromatic nitrogens is 2. The average molecular weight is 373 g/mol. The molecule has 1 N–H and O–H groups in total. The van der Waals surface area contributed by atoms with Crippen molar-refractivity contribution in [2.24, 2.45) is 0 Å². The number of nitrogens with zero attached hydrogens (tertiary/aromatic N) is 4. The van der Waals surface area contributed by atoms with Crippen molar-refractivity contribution in [1.82, 2.24) is 9.97 Å². The van der Waals surface area contributed by atoms with Gasteiger partial charge in [0.15, 0.2) is 0 Å². The van der Waals surface area contributed by atoms with E-state index in [9.17, 15) is 10.1 Å². The lowest BCUT2D eigenvalue weighted by atomic mass is 10.2. The van der Waals surface area contributed by atoms with Gasteiger partial charge in [0.05, 0.1) is 23.4 Å². The molecule has 2 heterocycles. The molecule has 8 nitrogen and oxygen atoms in total. The molecule has 2 aromatic rings. The van der Waals surface area contributed by atoms with E-state index in [0.29, 0.717) is 35.2 Å². The molecule has 8 heteroatoms. The van der Waals surface area contributed by atoms with E-state index in [1.807, 2.05) is 25.7 Å². The molecule has 2 rings (SSSR count). The Hall–Kier alpha value is -2.90. The fourth-order valence-corrected chi connectivity index (χ4v) is 2.87. The number of aryl methyl sites for hydroxylation is 2. The Balaban J connectivity index is 2.51. The smallest absolute Gasteiger partial charge is 0.334 e. The molecule has 0 aliphatic rings. The highest BCUT2D eigenvalue weighted by molar-refractivity contribution is 5.78. The zero-order valence-electron chi connectivity index (χ0n) is 16.6. The SMILES string of the molecule is CCCCN(CC)c1cc(C)nc(Nc2ccc(OC)nc2C)c1[N+](=O)[O-]. The second-order valence-corrected chi connectivity index (χ2v) is 6.28. The molecule has 0 spiro atoms. The van der Waals surface area contributed by atoms with Crippen LogP contribution in [0.3, 0.4) is 0 Å². The van der Waals surface area contributed by atoms with E-state index in [4.69, 9.17) is 4.74 Å². The maximum atomic E-state index is 11.9. The van der Waals surface area contributed by atoms with E-state index in [2.05, 4.69) is 22.2 Å². The first-order chi connectivity index (χ1) is 12.9. The van der Waals surface area contributed by atoms with Gasteiger partial charge < -0.3 is 15.0 Å². The van der Waals surface area contributed by atoms with Crippen LogP contribution in [0.5, 0.6) is 5.88 Å². The molecule has 0 atom stereocenters. The van der Waals surface area contributed by atoms with E-state index in [1.165, 1.54) is 0 Å². The molecule has 0 amide bonds. The predicted molar refractivity (Wildman–Crippen MR) is 107 cm³/mol. The number of unbranched alkanes of at least 4 members (excludes halogenated alkanes) is 1. The minimum atomic E-state index is -0.370. The van der Waals surface area contributed by atoms with Gasteiger partial charge in [-0.25, -0.2) is 9.97 Å². The number of methoxy groups -OCH3 is 1. The number of ether oxygens (including phenoxy) is 1. The first-order valence-corrected chi connectivity index (χ1v) is 9.10. The molecule has 0 fully saturated rings. The third-order valence-electron chi connectivity index (χ3n) is 4.31. The highest BCUT2D eigenvalue weighted by Crippen LogP contribution is 2.37. The van der Waals surface area contributed by atoms with Crippen LogP contribution in [-0.2, 0) is 0 Å². The summed E-state index contributed by atoms with van der Waals surface area (Å²) in [6, 6.07) is 5.27. The Labute approximate surface area is 159 Å². The summed E-state index contributed by atoms with van der Waals surface area (Å²) in [6.45, 7) is 9.21. The van der Waals surface area contributed by atoms with Gasteiger partial charge in [-0.15, -0.1) is 0 Å². The molecule has 0 saturated carbocycles. The van der Waals surface area contributed by atoms with Crippen molar-refractivity contribution in [2.75, 3.05) is 30.4 Å². The van der Waals surface area contributed by atoms with Crippen molar-refractivity contribution in [3.63, 3.8) is 0 Å². The largest absolute Gasteiger partial charge is 0.481 e. The molecule has 0 bridgehead atoms. The second kappa shape index (κ2) is 9.16. The Morgan fingerprint density at radius 1 is 1.26 bits per heavy atom. The predicted octanol–water partition coefficient (Wildman–Crippen LogP) is 4.38. The van der Waals surface area contributed by atoms with Crippen LogP contribution in [0.1, 0.15) is 38.1 Å². The third kappa shape index (κ3) is 4.84. The van der Waals surface area contributed by atoms with Gasteiger partial charge in [-0.3, -0.25) is 10.1 Å². The number of hydrogen-bond donors (Lipinski definition) is 1. The summed E-state index contributed by atoms with van der Waals surface area (Å²) in [5.74, 6) is 0.710. The van der Waals surface area contributed by atoms with Gasteiger partial charge in [-0.1, -0.05) is 13.3 Å². The minimum Gasteiger partial charge on any atom is -0.481 e. The zero-order valence-corrected chi connectivity index (χ0v) is 16.6. The van der Waals surface area contributed by atoms with Gasteiger partial charge >= 0.3 is 5.69 Å². The molecule has 0 saturated heterocycles. The number of anilines is 3. The van der Waals surface area contributed by atoms with E-state index >= 15 is 0 Å². The van der Waals surface area contributed by atoms with Gasteiger partial charge in [-0.2, -0.15) is 0 Å². The Morgan fingerprint density at radius 2 is 2.00 bits per heavy atom. The van der Waals surface area contributed by atoms with Gasteiger partial charge in [0.2, 0.25) is 11.7 Å².